The third-order valence-corrected chi connectivity index (χ3v) is 4.70. The van der Waals surface area contributed by atoms with Gasteiger partial charge in [0.15, 0.2) is 11.4 Å². The number of likely N-dealkylation sites (N-methyl/N-ethyl adjacent to an activating group) is 1. The van der Waals surface area contributed by atoms with E-state index in [0.717, 1.165) is 29.6 Å². The maximum atomic E-state index is 13.5. The summed E-state index contributed by atoms with van der Waals surface area (Å²) in [7, 11) is 5.74. The first-order chi connectivity index (χ1) is 12.2. The van der Waals surface area contributed by atoms with Gasteiger partial charge in [-0.05, 0) is 60.8 Å². The number of hydrogen-bond acceptors (Lipinski definition) is 3. The van der Waals surface area contributed by atoms with Crippen LogP contribution in [-0.4, -0.2) is 60.1 Å². The Hall–Kier alpha value is -2.01. The second-order valence-electron chi connectivity index (χ2n) is 7.76. The molecule has 2 rings (SSSR count). The summed E-state index contributed by atoms with van der Waals surface area (Å²) in [4.78, 5) is 17.6. The molecule has 1 amide bonds. The van der Waals surface area contributed by atoms with Gasteiger partial charge in [0, 0.05) is 30.6 Å². The fraction of sp³-hybridized carbons (Fsp3) is 0.571. The Morgan fingerprint density at radius 3 is 2.27 bits per heavy atom. The number of amides is 1. The average molecular weight is 360 g/mol. The molecule has 1 heterocycles. The fourth-order valence-electron chi connectivity index (χ4n) is 3.58. The van der Waals surface area contributed by atoms with Crippen molar-refractivity contribution < 1.29 is 9.53 Å². The van der Waals surface area contributed by atoms with Gasteiger partial charge in [-0.1, -0.05) is 11.6 Å². The molecule has 1 aromatic heterocycles. The highest BCUT2D eigenvalue weighted by atomic mass is 16.5. The van der Waals surface area contributed by atoms with Crippen LogP contribution in [0.4, 0.5) is 0 Å². The molecular weight excluding hydrogens is 326 g/mol. The van der Waals surface area contributed by atoms with Gasteiger partial charge in [0.05, 0.1) is 12.6 Å². The third-order valence-electron chi connectivity index (χ3n) is 4.70. The van der Waals surface area contributed by atoms with Crippen molar-refractivity contribution in [3.63, 3.8) is 0 Å². The summed E-state index contributed by atoms with van der Waals surface area (Å²) in [5, 5.41) is 1.00. The van der Waals surface area contributed by atoms with Crippen molar-refractivity contribution in [2.75, 3.05) is 27.7 Å². The maximum Gasteiger partial charge on any atom is 0.274 e. The SMILES string of the molecule is COc1c(C(=O)N(C(C)C)C(C)C)n(CCN(C)C)c2ccc(C)cc12. The lowest BCUT2D eigenvalue weighted by molar-refractivity contribution is 0.0628. The first-order valence-corrected chi connectivity index (χ1v) is 9.33. The second kappa shape index (κ2) is 8.12. The summed E-state index contributed by atoms with van der Waals surface area (Å²) in [5.74, 6) is 0.707. The number of aryl methyl sites for hydroxylation is 1. The normalized spacial score (nSPS) is 11.8. The summed E-state index contributed by atoms with van der Waals surface area (Å²) >= 11 is 0. The Kier molecular flexibility index (Phi) is 6.34. The number of rotatable bonds is 7. The van der Waals surface area contributed by atoms with E-state index in [-0.39, 0.29) is 18.0 Å². The third kappa shape index (κ3) is 3.88. The molecule has 26 heavy (non-hydrogen) atoms. The van der Waals surface area contributed by atoms with Gasteiger partial charge < -0.3 is 19.1 Å². The van der Waals surface area contributed by atoms with Gasteiger partial charge >= 0.3 is 0 Å². The molecule has 2 aromatic rings. The Bertz CT molecular complexity index is 767. The van der Waals surface area contributed by atoms with Gasteiger partial charge in [0.1, 0.15) is 0 Å². The predicted octanol–water partition coefficient (Wildman–Crippen LogP) is 3.78. The molecule has 0 saturated carbocycles. The number of aromatic nitrogens is 1. The minimum atomic E-state index is 0.0273. The number of methoxy groups -OCH3 is 1. The van der Waals surface area contributed by atoms with Gasteiger partial charge in [-0.25, -0.2) is 0 Å². The number of nitrogens with zero attached hydrogens (tertiary/aromatic N) is 3. The zero-order chi connectivity index (χ0) is 19.6. The molecule has 0 bridgehead atoms. The van der Waals surface area contributed by atoms with Crippen molar-refractivity contribution in [2.24, 2.45) is 0 Å². The molecule has 144 valence electrons. The number of hydrogen-bond donors (Lipinski definition) is 0. The molecule has 0 atom stereocenters. The van der Waals surface area contributed by atoms with E-state index < -0.39 is 0 Å². The van der Waals surface area contributed by atoms with Crippen LogP contribution in [0.3, 0.4) is 0 Å². The van der Waals surface area contributed by atoms with Crippen LogP contribution in [0.15, 0.2) is 18.2 Å². The van der Waals surface area contributed by atoms with Crippen molar-refractivity contribution in [3.05, 3.63) is 29.5 Å². The highest BCUT2D eigenvalue weighted by Gasteiger charge is 2.30. The van der Waals surface area contributed by atoms with Crippen LogP contribution in [0.5, 0.6) is 5.75 Å². The van der Waals surface area contributed by atoms with Crippen molar-refractivity contribution in [3.8, 4) is 5.75 Å². The first kappa shape index (κ1) is 20.3. The Morgan fingerprint density at radius 2 is 1.77 bits per heavy atom. The van der Waals surface area contributed by atoms with E-state index in [2.05, 4.69) is 62.3 Å². The van der Waals surface area contributed by atoms with Gasteiger partial charge in [-0.15, -0.1) is 0 Å². The number of benzene rings is 1. The summed E-state index contributed by atoms with van der Waals surface area (Å²) < 4.78 is 7.87. The first-order valence-electron chi connectivity index (χ1n) is 9.33. The predicted molar refractivity (Wildman–Crippen MR) is 108 cm³/mol. The highest BCUT2D eigenvalue weighted by Crippen LogP contribution is 2.35. The van der Waals surface area contributed by atoms with E-state index >= 15 is 0 Å². The topological polar surface area (TPSA) is 37.7 Å². The van der Waals surface area contributed by atoms with Crippen LogP contribution in [0.25, 0.3) is 10.9 Å². The molecule has 0 fully saturated rings. The van der Waals surface area contributed by atoms with E-state index in [1.54, 1.807) is 7.11 Å². The molecule has 0 radical (unpaired) electrons. The summed E-state index contributed by atoms with van der Waals surface area (Å²) in [6.07, 6.45) is 0. The highest BCUT2D eigenvalue weighted by molar-refractivity contribution is 6.04. The monoisotopic (exact) mass is 359 g/mol. The number of carbonyl (C=O) groups excluding carboxylic acids is 1. The van der Waals surface area contributed by atoms with Crippen LogP contribution < -0.4 is 4.74 Å². The van der Waals surface area contributed by atoms with Gasteiger partial charge in [-0.3, -0.25) is 4.79 Å². The summed E-state index contributed by atoms with van der Waals surface area (Å²) in [6.45, 7) is 11.9. The minimum absolute atomic E-state index is 0.0273. The second-order valence-corrected chi connectivity index (χ2v) is 7.76. The van der Waals surface area contributed by atoms with Crippen LogP contribution in [-0.2, 0) is 6.54 Å². The quantitative estimate of drug-likeness (QED) is 0.755. The maximum absolute atomic E-state index is 13.5. The van der Waals surface area contributed by atoms with Crippen molar-refractivity contribution in [1.82, 2.24) is 14.4 Å². The van der Waals surface area contributed by atoms with Crippen LogP contribution in [0.1, 0.15) is 43.7 Å². The molecule has 5 nitrogen and oxygen atoms in total. The minimum Gasteiger partial charge on any atom is -0.494 e. The van der Waals surface area contributed by atoms with E-state index in [1.807, 2.05) is 19.0 Å². The lowest BCUT2D eigenvalue weighted by Gasteiger charge is -2.31. The fourth-order valence-corrected chi connectivity index (χ4v) is 3.58. The zero-order valence-electron chi connectivity index (χ0n) is 17.5. The van der Waals surface area contributed by atoms with Crippen molar-refractivity contribution in [1.29, 1.82) is 0 Å². The molecule has 5 heteroatoms. The number of carbonyl (C=O) groups is 1. The van der Waals surface area contributed by atoms with E-state index in [4.69, 9.17) is 4.74 Å². The number of ether oxygens (including phenoxy) is 1. The van der Waals surface area contributed by atoms with E-state index in [0.29, 0.717) is 11.4 Å². The Labute approximate surface area is 157 Å². The van der Waals surface area contributed by atoms with Crippen LogP contribution >= 0.6 is 0 Å². The summed E-state index contributed by atoms with van der Waals surface area (Å²) in [6, 6.07) is 6.52. The molecule has 0 N–H and O–H groups in total. The smallest absolute Gasteiger partial charge is 0.274 e. The van der Waals surface area contributed by atoms with E-state index in [1.165, 1.54) is 0 Å². The summed E-state index contributed by atoms with van der Waals surface area (Å²) in [5.41, 5.74) is 2.85. The Balaban J connectivity index is 2.72. The molecule has 0 saturated heterocycles. The lowest BCUT2D eigenvalue weighted by atomic mass is 10.1. The van der Waals surface area contributed by atoms with E-state index in [9.17, 15) is 4.79 Å². The lowest BCUT2D eigenvalue weighted by Crippen LogP contribution is -2.43. The molecule has 0 aliphatic rings. The molecule has 0 unspecified atom stereocenters. The van der Waals surface area contributed by atoms with Crippen molar-refractivity contribution >= 4 is 16.8 Å². The Morgan fingerprint density at radius 1 is 1.15 bits per heavy atom. The van der Waals surface area contributed by atoms with Crippen LogP contribution in [0, 0.1) is 6.92 Å². The van der Waals surface area contributed by atoms with Gasteiger partial charge in [-0.2, -0.15) is 0 Å². The molecule has 1 aromatic carbocycles. The molecule has 0 aliphatic carbocycles. The zero-order valence-corrected chi connectivity index (χ0v) is 17.5. The van der Waals surface area contributed by atoms with Gasteiger partial charge in [0.2, 0.25) is 0 Å². The molecule has 0 aliphatic heterocycles. The standard InChI is InChI=1S/C21H33N3O2/c1-14(2)24(15(3)4)21(25)19-20(26-8)17-13-16(5)9-10-18(17)23(19)12-11-22(6)7/h9-10,13-15H,11-12H2,1-8H3. The van der Waals surface area contributed by atoms with Crippen LogP contribution in [0.2, 0.25) is 0 Å². The average Bonchev–Trinajstić information content (AvgIpc) is 2.84. The van der Waals surface area contributed by atoms with Crippen molar-refractivity contribution in [2.45, 2.75) is 53.2 Å². The van der Waals surface area contributed by atoms with Gasteiger partial charge in [0.25, 0.3) is 5.91 Å². The molecular formula is C21H33N3O2. The number of fused-ring (bicyclic) bond motifs is 1. The largest absolute Gasteiger partial charge is 0.494 e. The molecule has 0 spiro atoms.